The van der Waals surface area contributed by atoms with Gasteiger partial charge in [0.15, 0.2) is 11.6 Å². The van der Waals surface area contributed by atoms with Crippen LogP contribution in [-0.2, 0) is 17.9 Å². The SMILES string of the molecule is C=C(C)C(=O)NCCN(Cc1ccc(Cn2c(-c3ccncn3)nc3c(N)nc4ccccc4c32)cc1)C(=O)O. The molecule has 0 bridgehead atoms. The molecule has 0 aliphatic heterocycles. The Hall–Kier alpha value is -5.32. The van der Waals surface area contributed by atoms with Gasteiger partial charge in [-0.25, -0.2) is 24.7 Å². The molecule has 11 heteroatoms. The number of imidazole rings is 1. The van der Waals surface area contributed by atoms with E-state index in [1.165, 1.54) is 11.2 Å². The molecule has 5 rings (SSSR count). The maximum absolute atomic E-state index is 11.8. The molecule has 0 spiro atoms. The predicted octanol–water partition coefficient (Wildman–Crippen LogP) is 3.84. The van der Waals surface area contributed by atoms with Gasteiger partial charge >= 0.3 is 6.09 Å². The number of hydrogen-bond donors (Lipinski definition) is 3. The van der Waals surface area contributed by atoms with E-state index in [4.69, 9.17) is 10.7 Å². The van der Waals surface area contributed by atoms with Crippen molar-refractivity contribution in [3.8, 4) is 11.5 Å². The van der Waals surface area contributed by atoms with E-state index in [-0.39, 0.29) is 25.5 Å². The summed E-state index contributed by atoms with van der Waals surface area (Å²) in [5.41, 5.74) is 11.4. The van der Waals surface area contributed by atoms with E-state index in [1.54, 1.807) is 19.2 Å². The van der Waals surface area contributed by atoms with E-state index in [1.807, 2.05) is 48.5 Å². The van der Waals surface area contributed by atoms with Crippen LogP contribution in [0.25, 0.3) is 33.5 Å². The average Bonchev–Trinajstić information content (AvgIpc) is 3.33. The summed E-state index contributed by atoms with van der Waals surface area (Å²) >= 11 is 0. The number of carbonyl (C=O) groups excluding carboxylic acids is 1. The molecule has 202 valence electrons. The lowest BCUT2D eigenvalue weighted by molar-refractivity contribution is -0.117. The lowest BCUT2D eigenvalue weighted by Crippen LogP contribution is -2.37. The molecule has 3 heterocycles. The first kappa shape index (κ1) is 26.3. The Kier molecular flexibility index (Phi) is 7.36. The summed E-state index contributed by atoms with van der Waals surface area (Å²) in [5.74, 6) is 0.680. The summed E-state index contributed by atoms with van der Waals surface area (Å²) in [6.45, 7) is 6.19. The molecule has 0 saturated carbocycles. The summed E-state index contributed by atoms with van der Waals surface area (Å²) < 4.78 is 2.07. The average molecular weight is 537 g/mol. The molecule has 0 aliphatic carbocycles. The van der Waals surface area contributed by atoms with Crippen molar-refractivity contribution in [2.24, 2.45) is 0 Å². The van der Waals surface area contributed by atoms with Crippen molar-refractivity contribution in [3.05, 3.63) is 90.4 Å². The predicted molar refractivity (Wildman–Crippen MR) is 152 cm³/mol. The molecule has 0 aliphatic rings. The highest BCUT2D eigenvalue weighted by Gasteiger charge is 2.20. The van der Waals surface area contributed by atoms with E-state index in [9.17, 15) is 14.7 Å². The zero-order chi connectivity index (χ0) is 28.2. The van der Waals surface area contributed by atoms with Gasteiger partial charge in [0, 0.05) is 43.3 Å². The van der Waals surface area contributed by atoms with Crippen LogP contribution in [-0.4, -0.2) is 59.6 Å². The molecule has 0 atom stereocenters. The number of pyridine rings is 1. The van der Waals surface area contributed by atoms with Crippen molar-refractivity contribution >= 4 is 39.8 Å². The summed E-state index contributed by atoms with van der Waals surface area (Å²) in [5, 5.41) is 13.2. The Morgan fingerprint density at radius 2 is 1.82 bits per heavy atom. The second-order valence-electron chi connectivity index (χ2n) is 9.38. The van der Waals surface area contributed by atoms with Gasteiger partial charge in [-0.05, 0) is 30.2 Å². The van der Waals surface area contributed by atoms with Crippen molar-refractivity contribution in [3.63, 3.8) is 0 Å². The molecular weight excluding hydrogens is 508 g/mol. The molecule has 0 unspecified atom stereocenters. The number of nitrogens with two attached hydrogens (primary N) is 1. The zero-order valence-corrected chi connectivity index (χ0v) is 21.9. The smallest absolute Gasteiger partial charge is 0.407 e. The molecule has 40 heavy (non-hydrogen) atoms. The first-order valence-electron chi connectivity index (χ1n) is 12.6. The van der Waals surface area contributed by atoms with Gasteiger partial charge in [-0.1, -0.05) is 49.0 Å². The number of anilines is 1. The van der Waals surface area contributed by atoms with E-state index in [0.717, 1.165) is 27.5 Å². The van der Waals surface area contributed by atoms with Gasteiger partial charge in [-0.15, -0.1) is 0 Å². The monoisotopic (exact) mass is 536 g/mol. The Labute approximate surface area is 230 Å². The van der Waals surface area contributed by atoms with Crippen molar-refractivity contribution in [1.29, 1.82) is 0 Å². The number of carbonyl (C=O) groups is 2. The quantitative estimate of drug-likeness (QED) is 0.240. The number of para-hydroxylation sites is 1. The molecule has 0 radical (unpaired) electrons. The molecule has 2 amide bonds. The number of nitrogens with zero attached hydrogens (tertiary/aromatic N) is 6. The number of rotatable bonds is 9. The largest absolute Gasteiger partial charge is 0.465 e. The fraction of sp³-hybridized carbons (Fsp3) is 0.172. The maximum Gasteiger partial charge on any atom is 0.407 e. The minimum atomic E-state index is -1.06. The van der Waals surface area contributed by atoms with Gasteiger partial charge in [-0.2, -0.15) is 0 Å². The third-order valence-corrected chi connectivity index (χ3v) is 6.48. The number of aromatic nitrogens is 5. The zero-order valence-electron chi connectivity index (χ0n) is 21.9. The van der Waals surface area contributed by atoms with Gasteiger partial charge in [-0.3, -0.25) is 4.79 Å². The third kappa shape index (κ3) is 5.44. The Morgan fingerprint density at radius 3 is 2.52 bits per heavy atom. The number of amides is 2. The van der Waals surface area contributed by atoms with Crippen molar-refractivity contribution in [1.82, 2.24) is 34.7 Å². The van der Waals surface area contributed by atoms with E-state index >= 15 is 0 Å². The second-order valence-corrected chi connectivity index (χ2v) is 9.38. The van der Waals surface area contributed by atoms with Crippen molar-refractivity contribution in [2.45, 2.75) is 20.0 Å². The highest BCUT2D eigenvalue weighted by molar-refractivity contribution is 6.07. The van der Waals surface area contributed by atoms with Gasteiger partial charge < -0.3 is 25.6 Å². The number of nitrogen functional groups attached to an aromatic ring is 1. The Balaban J connectivity index is 1.44. The lowest BCUT2D eigenvalue weighted by atomic mass is 10.1. The Morgan fingerprint density at radius 1 is 1.07 bits per heavy atom. The van der Waals surface area contributed by atoms with Crippen molar-refractivity contribution < 1.29 is 14.7 Å². The number of carboxylic acid groups (broad SMARTS) is 1. The van der Waals surface area contributed by atoms with Gasteiger partial charge in [0.05, 0.1) is 11.0 Å². The maximum atomic E-state index is 11.8. The molecule has 0 fully saturated rings. The van der Waals surface area contributed by atoms with Crippen LogP contribution >= 0.6 is 0 Å². The minimum Gasteiger partial charge on any atom is -0.465 e. The second kappa shape index (κ2) is 11.2. The van der Waals surface area contributed by atoms with Crippen LogP contribution in [0.15, 0.2) is 79.3 Å². The van der Waals surface area contributed by atoms with Crippen LogP contribution in [0, 0.1) is 0 Å². The molecule has 11 nitrogen and oxygen atoms in total. The highest BCUT2D eigenvalue weighted by Crippen LogP contribution is 2.32. The van der Waals surface area contributed by atoms with E-state index in [0.29, 0.717) is 35.0 Å². The van der Waals surface area contributed by atoms with E-state index in [2.05, 4.69) is 31.4 Å². The fourth-order valence-electron chi connectivity index (χ4n) is 4.48. The van der Waals surface area contributed by atoms with Crippen LogP contribution in [0.1, 0.15) is 18.1 Å². The molecule has 0 saturated heterocycles. The number of hydrogen-bond acceptors (Lipinski definition) is 7. The van der Waals surface area contributed by atoms with Crippen LogP contribution < -0.4 is 11.1 Å². The normalized spacial score (nSPS) is 11.0. The summed E-state index contributed by atoms with van der Waals surface area (Å²) in [4.78, 5) is 42.6. The van der Waals surface area contributed by atoms with Crippen LogP contribution in [0.4, 0.5) is 10.6 Å². The molecule has 2 aromatic carbocycles. The summed E-state index contributed by atoms with van der Waals surface area (Å²) in [7, 11) is 0. The summed E-state index contributed by atoms with van der Waals surface area (Å²) in [6.07, 6.45) is 2.08. The molecule has 3 aromatic heterocycles. The van der Waals surface area contributed by atoms with Gasteiger partial charge in [0.2, 0.25) is 5.91 Å². The van der Waals surface area contributed by atoms with Crippen LogP contribution in [0.3, 0.4) is 0 Å². The first-order chi connectivity index (χ1) is 19.3. The van der Waals surface area contributed by atoms with Crippen LogP contribution in [0.2, 0.25) is 0 Å². The first-order valence-corrected chi connectivity index (χ1v) is 12.6. The molecule has 5 aromatic rings. The van der Waals surface area contributed by atoms with E-state index < -0.39 is 6.09 Å². The molecular formula is C29H28N8O3. The van der Waals surface area contributed by atoms with Gasteiger partial charge in [0.25, 0.3) is 0 Å². The standard InChI is InChI=1S/C29H28N8O3/c1-18(2)28(38)32-13-14-36(29(39)40)15-19-7-9-20(10-8-19)16-37-25-21-5-3-4-6-22(21)34-26(30)24(25)35-27(37)23-11-12-31-17-33-23/h3-12,17H,1,13-16H2,2H3,(H2,30,34)(H,32,38)(H,39,40). The van der Waals surface area contributed by atoms with Gasteiger partial charge in [0.1, 0.15) is 17.5 Å². The fourth-order valence-corrected chi connectivity index (χ4v) is 4.48. The highest BCUT2D eigenvalue weighted by atomic mass is 16.4. The molecule has 4 N–H and O–H groups in total. The number of nitrogens with one attached hydrogen (secondary N) is 1. The Bertz CT molecular complexity index is 1720. The number of benzene rings is 2. The summed E-state index contributed by atoms with van der Waals surface area (Å²) in [6, 6.07) is 17.3. The topological polar surface area (TPSA) is 152 Å². The minimum absolute atomic E-state index is 0.155. The third-order valence-electron chi connectivity index (χ3n) is 6.48. The number of fused-ring (bicyclic) bond motifs is 3. The van der Waals surface area contributed by atoms with Crippen LogP contribution in [0.5, 0.6) is 0 Å². The lowest BCUT2D eigenvalue weighted by Gasteiger charge is -2.20. The van der Waals surface area contributed by atoms with Crippen molar-refractivity contribution in [2.75, 3.05) is 18.8 Å².